The van der Waals surface area contributed by atoms with Gasteiger partial charge in [-0.15, -0.1) is 0 Å². The van der Waals surface area contributed by atoms with E-state index in [0.29, 0.717) is 19.6 Å². The molecule has 1 unspecified atom stereocenters. The smallest absolute Gasteiger partial charge is 0.241 e. The van der Waals surface area contributed by atoms with Crippen LogP contribution >= 0.6 is 0 Å². The van der Waals surface area contributed by atoms with E-state index in [1.807, 2.05) is 41.3 Å². The number of β-amino-alcohol motifs (C(OH)–C–C–N with tert-alkyl or cyclic N) is 1. The molecular formula is C25H34N4O2. The van der Waals surface area contributed by atoms with Gasteiger partial charge in [0.1, 0.15) is 0 Å². The molecular weight excluding hydrogens is 388 g/mol. The van der Waals surface area contributed by atoms with Gasteiger partial charge in [0, 0.05) is 58.0 Å². The molecule has 2 aliphatic rings. The van der Waals surface area contributed by atoms with Gasteiger partial charge in [-0.3, -0.25) is 19.5 Å². The van der Waals surface area contributed by atoms with Crippen LogP contribution in [0.1, 0.15) is 11.1 Å². The van der Waals surface area contributed by atoms with E-state index in [1.54, 1.807) is 0 Å². The van der Waals surface area contributed by atoms with E-state index in [-0.39, 0.29) is 12.0 Å². The average Bonchev–Trinajstić information content (AvgIpc) is 3.20. The van der Waals surface area contributed by atoms with Crippen LogP contribution in [0, 0.1) is 0 Å². The van der Waals surface area contributed by atoms with E-state index >= 15 is 0 Å². The van der Waals surface area contributed by atoms with Gasteiger partial charge in [-0.1, -0.05) is 48.5 Å². The topological polar surface area (TPSA) is 50.3 Å². The van der Waals surface area contributed by atoms with E-state index in [1.165, 1.54) is 11.1 Å². The van der Waals surface area contributed by atoms with Gasteiger partial charge in [-0.05, 0) is 30.7 Å². The number of nitrogens with zero attached hydrogens (tertiary/aromatic N) is 4. The van der Waals surface area contributed by atoms with E-state index in [4.69, 9.17) is 0 Å². The van der Waals surface area contributed by atoms with Crippen molar-refractivity contribution in [3.05, 3.63) is 65.7 Å². The zero-order chi connectivity index (χ0) is 21.6. The van der Waals surface area contributed by atoms with Gasteiger partial charge >= 0.3 is 0 Å². The second-order valence-corrected chi connectivity index (χ2v) is 8.84. The Bertz CT molecular complexity index is 852. The normalized spacial score (nSPS) is 18.4. The second kappa shape index (κ2) is 10.4. The lowest BCUT2D eigenvalue weighted by atomic mass is 10.2. The van der Waals surface area contributed by atoms with Crippen LogP contribution in [0.3, 0.4) is 0 Å². The van der Waals surface area contributed by atoms with Crippen molar-refractivity contribution in [2.45, 2.75) is 19.1 Å². The minimum atomic E-state index is -0.372. The molecule has 0 aliphatic carbocycles. The Morgan fingerprint density at radius 3 is 2.42 bits per heavy atom. The summed E-state index contributed by atoms with van der Waals surface area (Å²) in [5.74, 6) is 0.195. The van der Waals surface area contributed by atoms with Crippen molar-refractivity contribution in [1.29, 1.82) is 0 Å². The molecule has 2 heterocycles. The fourth-order valence-corrected chi connectivity index (χ4v) is 4.68. The Kier molecular flexibility index (Phi) is 7.35. The Hall–Kier alpha value is -2.25. The largest absolute Gasteiger partial charge is 0.390 e. The number of carbonyl (C=O) groups is 1. The van der Waals surface area contributed by atoms with Crippen molar-refractivity contribution in [3.8, 4) is 0 Å². The summed E-state index contributed by atoms with van der Waals surface area (Å²) in [5, 5.41) is 10.5. The molecule has 1 fully saturated rings. The minimum Gasteiger partial charge on any atom is -0.390 e. The molecule has 6 nitrogen and oxygen atoms in total. The van der Waals surface area contributed by atoms with Crippen molar-refractivity contribution >= 4 is 11.6 Å². The number of amides is 1. The third-order valence-electron chi connectivity index (χ3n) is 6.30. The number of hydrogen-bond donors (Lipinski definition) is 1. The zero-order valence-corrected chi connectivity index (χ0v) is 18.5. The van der Waals surface area contributed by atoms with E-state index in [2.05, 4.69) is 39.9 Å². The van der Waals surface area contributed by atoms with Gasteiger partial charge in [-0.25, -0.2) is 0 Å². The van der Waals surface area contributed by atoms with Crippen LogP contribution < -0.4 is 4.90 Å². The first-order valence-corrected chi connectivity index (χ1v) is 11.3. The molecule has 1 N–H and O–H groups in total. The quantitative estimate of drug-likeness (QED) is 0.702. The summed E-state index contributed by atoms with van der Waals surface area (Å²) in [6.07, 6.45) is 0.578. The molecule has 0 aromatic heterocycles. The summed E-state index contributed by atoms with van der Waals surface area (Å²) < 4.78 is 0. The lowest BCUT2D eigenvalue weighted by Crippen LogP contribution is -2.52. The summed E-state index contributed by atoms with van der Waals surface area (Å²) in [5.41, 5.74) is 3.61. The summed E-state index contributed by atoms with van der Waals surface area (Å²) in [4.78, 5) is 21.5. The Morgan fingerprint density at radius 1 is 0.968 bits per heavy atom. The number of likely N-dealkylation sites (N-methyl/N-ethyl adjacent to an activating group) is 1. The molecule has 0 radical (unpaired) electrons. The molecule has 1 amide bonds. The van der Waals surface area contributed by atoms with Gasteiger partial charge in [0.05, 0.1) is 12.6 Å². The predicted octanol–water partition coefficient (Wildman–Crippen LogP) is 1.69. The maximum atomic E-state index is 12.8. The number of piperazine rings is 1. The minimum absolute atomic E-state index is 0.195. The first kappa shape index (κ1) is 22.0. The van der Waals surface area contributed by atoms with Gasteiger partial charge in [0.15, 0.2) is 0 Å². The van der Waals surface area contributed by atoms with Crippen LogP contribution in [0.2, 0.25) is 0 Å². The highest BCUT2D eigenvalue weighted by atomic mass is 16.3. The highest BCUT2D eigenvalue weighted by Crippen LogP contribution is 2.27. The summed E-state index contributed by atoms with van der Waals surface area (Å²) in [7, 11) is 2.05. The molecule has 2 aromatic carbocycles. The number of para-hydroxylation sites is 1. The van der Waals surface area contributed by atoms with Gasteiger partial charge < -0.3 is 10.0 Å². The second-order valence-electron chi connectivity index (χ2n) is 8.84. The maximum absolute atomic E-state index is 12.8. The molecule has 4 rings (SSSR count). The highest BCUT2D eigenvalue weighted by Gasteiger charge is 2.27. The number of aliphatic hydroxyl groups is 1. The van der Waals surface area contributed by atoms with Crippen molar-refractivity contribution in [1.82, 2.24) is 14.7 Å². The fourth-order valence-electron chi connectivity index (χ4n) is 4.68. The molecule has 6 heteroatoms. The van der Waals surface area contributed by atoms with Crippen LogP contribution in [-0.2, 0) is 17.8 Å². The molecule has 0 spiro atoms. The van der Waals surface area contributed by atoms with Crippen molar-refractivity contribution in [3.63, 3.8) is 0 Å². The maximum Gasteiger partial charge on any atom is 0.241 e. The van der Waals surface area contributed by atoms with Gasteiger partial charge in [-0.2, -0.15) is 0 Å². The molecule has 166 valence electrons. The monoisotopic (exact) mass is 422 g/mol. The third-order valence-corrected chi connectivity index (χ3v) is 6.30. The summed E-state index contributed by atoms with van der Waals surface area (Å²) >= 11 is 0. The molecule has 1 atom stereocenters. The molecule has 1 saturated heterocycles. The Morgan fingerprint density at radius 2 is 1.65 bits per heavy atom. The molecule has 0 saturated carbocycles. The zero-order valence-electron chi connectivity index (χ0n) is 18.5. The van der Waals surface area contributed by atoms with Gasteiger partial charge in [0.25, 0.3) is 0 Å². The van der Waals surface area contributed by atoms with Crippen molar-refractivity contribution < 1.29 is 9.90 Å². The highest BCUT2D eigenvalue weighted by molar-refractivity contribution is 5.96. The number of aliphatic hydroxyl groups excluding tert-OH is 1. The third kappa shape index (κ3) is 5.92. The van der Waals surface area contributed by atoms with Crippen molar-refractivity contribution in [2.75, 3.05) is 64.3 Å². The van der Waals surface area contributed by atoms with E-state index in [0.717, 1.165) is 51.4 Å². The van der Waals surface area contributed by atoms with Gasteiger partial charge in [0.2, 0.25) is 5.91 Å². The summed E-state index contributed by atoms with van der Waals surface area (Å²) in [6, 6.07) is 18.6. The van der Waals surface area contributed by atoms with E-state index < -0.39 is 0 Å². The summed E-state index contributed by atoms with van der Waals surface area (Å²) in [6.45, 7) is 6.97. The Labute approximate surface area is 185 Å². The van der Waals surface area contributed by atoms with Crippen LogP contribution in [0.25, 0.3) is 0 Å². The van der Waals surface area contributed by atoms with Crippen LogP contribution in [-0.4, -0.2) is 91.2 Å². The predicted molar refractivity (Wildman–Crippen MR) is 124 cm³/mol. The van der Waals surface area contributed by atoms with E-state index in [9.17, 15) is 9.90 Å². The Balaban J connectivity index is 1.17. The fraction of sp³-hybridized carbons (Fsp3) is 0.480. The number of fused-ring (bicyclic) bond motifs is 1. The molecule has 2 aliphatic heterocycles. The number of carbonyl (C=O) groups excluding carboxylic acids is 1. The first-order chi connectivity index (χ1) is 15.1. The molecule has 31 heavy (non-hydrogen) atoms. The number of anilines is 1. The SMILES string of the molecule is CN(Cc1ccccc1)CC(O)CN1CCN(CC(=O)N2CCc3ccccc32)CC1. The first-order valence-electron chi connectivity index (χ1n) is 11.3. The number of hydrogen-bond acceptors (Lipinski definition) is 5. The van der Waals surface area contributed by atoms with Crippen molar-refractivity contribution in [2.24, 2.45) is 0 Å². The lowest BCUT2D eigenvalue weighted by molar-refractivity contribution is -0.120. The van der Waals surface area contributed by atoms with Crippen LogP contribution in [0.15, 0.2) is 54.6 Å². The lowest BCUT2D eigenvalue weighted by Gasteiger charge is -2.36. The van der Waals surface area contributed by atoms with Crippen LogP contribution in [0.5, 0.6) is 0 Å². The standard InChI is InChI=1S/C25H34N4O2/c1-26(17-21-7-3-2-4-8-21)18-23(30)19-27-13-15-28(16-14-27)20-25(31)29-12-11-22-9-5-6-10-24(22)29/h2-10,23,30H,11-20H2,1H3. The number of benzene rings is 2. The number of rotatable bonds is 8. The molecule has 0 bridgehead atoms. The molecule has 2 aromatic rings. The average molecular weight is 423 g/mol. The van der Waals surface area contributed by atoms with Crippen LogP contribution in [0.4, 0.5) is 5.69 Å².